The second-order valence-corrected chi connectivity index (χ2v) is 8.39. The Hall–Kier alpha value is -2.51. The standard InChI is InChI=1S/C23H24F2O5/c24-17-1-3-19(4-2-17)30-20-10-16(9-18(25)11-20)12-29-23-7-5-22(14-23,6-8-23)15-28-13-21(26)27/h1-4,9-11H,5-8,12-15H2,(H,26,27). The highest BCUT2D eigenvalue weighted by molar-refractivity contribution is 5.68. The van der Waals surface area contributed by atoms with Crippen molar-refractivity contribution in [3.63, 3.8) is 0 Å². The molecule has 0 spiro atoms. The molecule has 160 valence electrons. The highest BCUT2D eigenvalue weighted by atomic mass is 19.1. The number of fused-ring (bicyclic) bond motifs is 2. The summed E-state index contributed by atoms with van der Waals surface area (Å²) >= 11 is 0. The lowest BCUT2D eigenvalue weighted by atomic mass is 9.85. The average molecular weight is 418 g/mol. The van der Waals surface area contributed by atoms with Crippen molar-refractivity contribution >= 4 is 5.97 Å². The second-order valence-electron chi connectivity index (χ2n) is 8.39. The minimum atomic E-state index is -0.963. The molecule has 0 radical (unpaired) electrons. The summed E-state index contributed by atoms with van der Waals surface area (Å²) in [6.45, 7) is 0.402. The van der Waals surface area contributed by atoms with E-state index in [0.29, 0.717) is 23.7 Å². The highest BCUT2D eigenvalue weighted by Crippen LogP contribution is 2.58. The third kappa shape index (κ3) is 4.79. The molecular formula is C23H24F2O5. The van der Waals surface area contributed by atoms with E-state index in [2.05, 4.69) is 0 Å². The monoisotopic (exact) mass is 418 g/mol. The van der Waals surface area contributed by atoms with Crippen LogP contribution in [-0.4, -0.2) is 29.9 Å². The Kier molecular flexibility index (Phi) is 5.75. The van der Waals surface area contributed by atoms with Crippen molar-refractivity contribution in [3.8, 4) is 11.5 Å². The minimum Gasteiger partial charge on any atom is -0.480 e. The Labute approximate surface area is 173 Å². The summed E-state index contributed by atoms with van der Waals surface area (Å²) in [5.74, 6) is -1.01. The van der Waals surface area contributed by atoms with Crippen LogP contribution in [0.15, 0.2) is 42.5 Å². The van der Waals surface area contributed by atoms with Crippen molar-refractivity contribution < 1.29 is 32.9 Å². The molecule has 2 aliphatic carbocycles. The van der Waals surface area contributed by atoms with Crippen molar-refractivity contribution in [2.45, 2.75) is 44.3 Å². The van der Waals surface area contributed by atoms with Crippen LogP contribution in [0, 0.1) is 17.0 Å². The first-order valence-corrected chi connectivity index (χ1v) is 10.0. The molecule has 2 aliphatic rings. The van der Waals surface area contributed by atoms with Gasteiger partial charge in [0, 0.05) is 6.07 Å². The lowest BCUT2D eigenvalue weighted by Crippen LogP contribution is -2.26. The first-order chi connectivity index (χ1) is 14.4. The van der Waals surface area contributed by atoms with Gasteiger partial charge in [-0.05, 0) is 79.5 Å². The highest BCUT2D eigenvalue weighted by Gasteiger charge is 2.55. The molecule has 0 aliphatic heterocycles. The van der Waals surface area contributed by atoms with Gasteiger partial charge in [-0.15, -0.1) is 0 Å². The average Bonchev–Trinajstić information content (AvgIpc) is 3.24. The summed E-state index contributed by atoms with van der Waals surface area (Å²) in [5.41, 5.74) is 0.374. The molecule has 2 fully saturated rings. The molecule has 0 saturated heterocycles. The van der Waals surface area contributed by atoms with Crippen LogP contribution in [0.4, 0.5) is 8.78 Å². The van der Waals surface area contributed by atoms with E-state index in [1.165, 1.54) is 36.4 Å². The zero-order valence-electron chi connectivity index (χ0n) is 16.5. The fourth-order valence-corrected chi connectivity index (χ4v) is 4.66. The molecule has 0 heterocycles. The largest absolute Gasteiger partial charge is 0.480 e. The van der Waals surface area contributed by atoms with Crippen LogP contribution in [0.25, 0.3) is 0 Å². The molecule has 5 nitrogen and oxygen atoms in total. The maximum absolute atomic E-state index is 14.1. The molecule has 0 unspecified atom stereocenters. The van der Waals surface area contributed by atoms with Crippen LogP contribution in [0.3, 0.4) is 0 Å². The summed E-state index contributed by atoms with van der Waals surface area (Å²) in [5, 5.41) is 8.76. The molecule has 2 aromatic rings. The van der Waals surface area contributed by atoms with Gasteiger partial charge in [0.15, 0.2) is 0 Å². The van der Waals surface area contributed by atoms with Crippen molar-refractivity contribution in [2.24, 2.45) is 5.41 Å². The zero-order valence-corrected chi connectivity index (χ0v) is 16.5. The number of rotatable bonds is 9. The van der Waals surface area contributed by atoms with Crippen LogP contribution in [0.1, 0.15) is 37.7 Å². The number of ether oxygens (including phenoxy) is 3. The lowest BCUT2D eigenvalue weighted by molar-refractivity contribution is -0.143. The smallest absolute Gasteiger partial charge is 0.329 e. The molecule has 2 aromatic carbocycles. The van der Waals surface area contributed by atoms with E-state index in [0.717, 1.165) is 32.1 Å². The van der Waals surface area contributed by atoms with Gasteiger partial charge < -0.3 is 19.3 Å². The molecule has 4 rings (SSSR count). The van der Waals surface area contributed by atoms with Gasteiger partial charge in [-0.1, -0.05) is 0 Å². The number of carboxylic acids is 1. The topological polar surface area (TPSA) is 65.0 Å². The van der Waals surface area contributed by atoms with Gasteiger partial charge in [0.2, 0.25) is 0 Å². The van der Waals surface area contributed by atoms with Crippen molar-refractivity contribution in [3.05, 3.63) is 59.7 Å². The molecular weight excluding hydrogens is 394 g/mol. The summed E-state index contributed by atoms with van der Waals surface area (Å²) in [6, 6.07) is 9.95. The van der Waals surface area contributed by atoms with Crippen LogP contribution in [-0.2, 0) is 20.9 Å². The van der Waals surface area contributed by atoms with Gasteiger partial charge in [-0.2, -0.15) is 0 Å². The Morgan fingerprint density at radius 1 is 0.967 bits per heavy atom. The predicted octanol–water partition coefficient (Wildman–Crippen LogP) is 5.08. The van der Waals surface area contributed by atoms with Gasteiger partial charge in [-0.25, -0.2) is 13.6 Å². The molecule has 0 atom stereocenters. The Balaban J connectivity index is 1.37. The fourth-order valence-electron chi connectivity index (χ4n) is 4.66. The zero-order chi connectivity index (χ0) is 21.2. The number of carbonyl (C=O) groups is 1. The first-order valence-electron chi connectivity index (χ1n) is 10.0. The maximum atomic E-state index is 14.1. The van der Waals surface area contributed by atoms with Crippen LogP contribution >= 0.6 is 0 Å². The Bertz CT molecular complexity index is 904. The van der Waals surface area contributed by atoms with Crippen molar-refractivity contribution in [1.29, 1.82) is 0 Å². The summed E-state index contributed by atoms with van der Waals surface area (Å²) in [4.78, 5) is 10.7. The molecule has 7 heteroatoms. The van der Waals surface area contributed by atoms with Crippen LogP contribution < -0.4 is 4.74 Å². The third-order valence-electron chi connectivity index (χ3n) is 6.08. The summed E-state index contributed by atoms with van der Waals surface area (Å²) < 4.78 is 44.4. The number of aliphatic carboxylic acids is 1. The van der Waals surface area contributed by atoms with Gasteiger partial charge in [-0.3, -0.25) is 0 Å². The van der Waals surface area contributed by atoms with Gasteiger partial charge in [0.1, 0.15) is 29.7 Å². The SMILES string of the molecule is O=C(O)COCC12CCC(OCc3cc(F)cc(Oc4ccc(F)cc4)c3)(CC1)C2. The van der Waals surface area contributed by atoms with E-state index in [1.54, 1.807) is 6.07 Å². The quantitative estimate of drug-likeness (QED) is 0.615. The lowest BCUT2D eigenvalue weighted by Gasteiger charge is -2.28. The number of carboxylic acid groups (broad SMARTS) is 1. The normalized spacial score (nSPS) is 24.9. The van der Waals surface area contributed by atoms with Gasteiger partial charge in [0.25, 0.3) is 0 Å². The molecule has 1 N–H and O–H groups in total. The van der Waals surface area contributed by atoms with Crippen molar-refractivity contribution in [2.75, 3.05) is 13.2 Å². The predicted molar refractivity (Wildman–Crippen MR) is 104 cm³/mol. The van der Waals surface area contributed by atoms with Crippen molar-refractivity contribution in [1.82, 2.24) is 0 Å². The molecule has 30 heavy (non-hydrogen) atoms. The van der Waals surface area contributed by atoms with Gasteiger partial charge >= 0.3 is 5.97 Å². The van der Waals surface area contributed by atoms with E-state index in [9.17, 15) is 13.6 Å². The Morgan fingerprint density at radius 2 is 1.70 bits per heavy atom. The summed E-state index contributed by atoms with van der Waals surface area (Å²) in [6.07, 6.45) is 4.48. The van der Waals surface area contributed by atoms with E-state index in [1.807, 2.05) is 0 Å². The Morgan fingerprint density at radius 3 is 2.40 bits per heavy atom. The van der Waals surface area contributed by atoms with E-state index in [4.69, 9.17) is 19.3 Å². The minimum absolute atomic E-state index is 0.0196. The first kappa shape index (κ1) is 20.8. The maximum Gasteiger partial charge on any atom is 0.329 e. The number of halogens is 2. The molecule has 2 bridgehead atoms. The van der Waals surface area contributed by atoms with E-state index < -0.39 is 11.8 Å². The van der Waals surface area contributed by atoms with E-state index in [-0.39, 0.29) is 30.0 Å². The van der Waals surface area contributed by atoms with Crippen LogP contribution in [0.2, 0.25) is 0 Å². The number of hydrogen-bond acceptors (Lipinski definition) is 4. The molecule has 0 amide bonds. The fraction of sp³-hybridized carbons (Fsp3) is 0.435. The number of hydrogen-bond donors (Lipinski definition) is 1. The van der Waals surface area contributed by atoms with E-state index >= 15 is 0 Å². The molecule has 2 saturated carbocycles. The second kappa shape index (κ2) is 8.32. The summed E-state index contributed by atoms with van der Waals surface area (Å²) in [7, 11) is 0. The van der Waals surface area contributed by atoms with Gasteiger partial charge in [0.05, 0.1) is 18.8 Å². The van der Waals surface area contributed by atoms with Crippen LogP contribution in [0.5, 0.6) is 11.5 Å². The third-order valence-corrected chi connectivity index (χ3v) is 6.08. The molecule has 0 aromatic heterocycles. The number of benzene rings is 2.